The Balaban J connectivity index is 2.11. The van der Waals surface area contributed by atoms with Crippen molar-refractivity contribution in [3.05, 3.63) is 20.8 Å². The van der Waals surface area contributed by atoms with Crippen LogP contribution in [-0.4, -0.2) is 26.3 Å². The molecule has 0 saturated carbocycles. The lowest BCUT2D eigenvalue weighted by Crippen LogP contribution is -2.52. The highest BCUT2D eigenvalue weighted by atomic mass is 79.9. The van der Waals surface area contributed by atoms with Crippen LogP contribution in [0.5, 0.6) is 0 Å². The minimum Gasteiger partial charge on any atom is -0.379 e. The summed E-state index contributed by atoms with van der Waals surface area (Å²) in [6.45, 7) is 5.89. The Morgan fingerprint density at radius 3 is 2.86 bits per heavy atom. The van der Waals surface area contributed by atoms with Crippen LogP contribution in [0.15, 0.2) is 15.9 Å². The molecule has 0 atom stereocenters. The quantitative estimate of drug-likeness (QED) is 0.911. The molecule has 0 aliphatic carbocycles. The number of thiophene rings is 1. The molecule has 1 saturated heterocycles. The molecule has 0 bridgehead atoms. The van der Waals surface area contributed by atoms with Crippen molar-refractivity contribution in [1.29, 1.82) is 0 Å². The van der Waals surface area contributed by atoms with Crippen molar-refractivity contribution in [2.75, 3.05) is 26.3 Å². The Morgan fingerprint density at radius 2 is 2.43 bits per heavy atom. The molecular formula is C10H14BrNOS. The number of hydrogen-bond acceptors (Lipinski definition) is 3. The molecule has 0 radical (unpaired) electrons. The van der Waals surface area contributed by atoms with Crippen molar-refractivity contribution in [3.63, 3.8) is 0 Å². The van der Waals surface area contributed by atoms with E-state index in [1.54, 1.807) is 0 Å². The standard InChI is InChI=1S/C10H14BrNOS/c1-2-12-5-10(6-13-7-10)9-3-8(11)4-14-9/h3-4,12H,2,5-7H2,1H3. The maximum Gasteiger partial charge on any atom is 0.0638 e. The van der Waals surface area contributed by atoms with Crippen LogP contribution in [-0.2, 0) is 10.2 Å². The van der Waals surface area contributed by atoms with E-state index in [0.29, 0.717) is 0 Å². The molecule has 78 valence electrons. The number of hydrogen-bond donors (Lipinski definition) is 1. The second kappa shape index (κ2) is 4.31. The van der Waals surface area contributed by atoms with E-state index in [2.05, 4.69) is 39.6 Å². The van der Waals surface area contributed by atoms with Crippen LogP contribution in [0.25, 0.3) is 0 Å². The Morgan fingerprint density at radius 1 is 1.64 bits per heavy atom. The molecule has 0 aromatic carbocycles. The molecule has 1 aromatic heterocycles. The van der Waals surface area contributed by atoms with Crippen molar-refractivity contribution in [1.82, 2.24) is 5.32 Å². The van der Waals surface area contributed by atoms with Gasteiger partial charge in [0, 0.05) is 21.3 Å². The van der Waals surface area contributed by atoms with Crippen LogP contribution < -0.4 is 5.32 Å². The van der Waals surface area contributed by atoms with Gasteiger partial charge in [-0.1, -0.05) is 6.92 Å². The van der Waals surface area contributed by atoms with Gasteiger partial charge in [-0.3, -0.25) is 0 Å². The minimum atomic E-state index is 0.243. The second-order valence-electron chi connectivity index (χ2n) is 3.68. The Labute approximate surface area is 96.8 Å². The minimum absolute atomic E-state index is 0.243. The molecule has 1 aliphatic rings. The van der Waals surface area contributed by atoms with Gasteiger partial charge in [0.25, 0.3) is 0 Å². The van der Waals surface area contributed by atoms with E-state index in [4.69, 9.17) is 4.74 Å². The summed E-state index contributed by atoms with van der Waals surface area (Å²) >= 11 is 5.31. The lowest BCUT2D eigenvalue weighted by molar-refractivity contribution is -0.0569. The van der Waals surface area contributed by atoms with Crippen molar-refractivity contribution in [2.24, 2.45) is 0 Å². The van der Waals surface area contributed by atoms with Crippen LogP contribution in [0.4, 0.5) is 0 Å². The fourth-order valence-electron chi connectivity index (χ4n) is 1.64. The van der Waals surface area contributed by atoms with Crippen molar-refractivity contribution in [3.8, 4) is 0 Å². The van der Waals surface area contributed by atoms with Gasteiger partial charge in [-0.15, -0.1) is 11.3 Å². The van der Waals surface area contributed by atoms with Gasteiger partial charge < -0.3 is 10.1 Å². The zero-order valence-corrected chi connectivity index (χ0v) is 10.6. The topological polar surface area (TPSA) is 21.3 Å². The van der Waals surface area contributed by atoms with Crippen LogP contribution in [0.1, 0.15) is 11.8 Å². The van der Waals surface area contributed by atoms with Crippen LogP contribution in [0.3, 0.4) is 0 Å². The summed E-state index contributed by atoms with van der Waals surface area (Å²) in [5.74, 6) is 0. The van der Waals surface area contributed by atoms with Gasteiger partial charge in [0.2, 0.25) is 0 Å². The Bertz CT molecular complexity index is 309. The largest absolute Gasteiger partial charge is 0.379 e. The maximum atomic E-state index is 5.35. The van der Waals surface area contributed by atoms with Crippen LogP contribution in [0, 0.1) is 0 Å². The molecule has 14 heavy (non-hydrogen) atoms. The number of nitrogens with one attached hydrogen (secondary N) is 1. The molecule has 1 fully saturated rings. The number of halogens is 1. The van der Waals surface area contributed by atoms with E-state index in [0.717, 1.165) is 26.3 Å². The average Bonchev–Trinajstić information content (AvgIpc) is 2.51. The van der Waals surface area contributed by atoms with Crippen LogP contribution in [0.2, 0.25) is 0 Å². The average molecular weight is 276 g/mol. The van der Waals surface area contributed by atoms with E-state index in [1.165, 1.54) is 9.35 Å². The van der Waals surface area contributed by atoms with Gasteiger partial charge >= 0.3 is 0 Å². The van der Waals surface area contributed by atoms with Gasteiger partial charge in [-0.25, -0.2) is 0 Å². The van der Waals surface area contributed by atoms with Crippen molar-refractivity contribution < 1.29 is 4.74 Å². The first kappa shape index (κ1) is 10.6. The van der Waals surface area contributed by atoms with Gasteiger partial charge in [-0.2, -0.15) is 0 Å². The number of ether oxygens (including phenoxy) is 1. The first-order chi connectivity index (χ1) is 6.77. The summed E-state index contributed by atoms with van der Waals surface area (Å²) in [6, 6.07) is 2.21. The summed E-state index contributed by atoms with van der Waals surface area (Å²) in [6.07, 6.45) is 0. The second-order valence-corrected chi connectivity index (χ2v) is 5.51. The summed E-state index contributed by atoms with van der Waals surface area (Å²) in [7, 11) is 0. The third-order valence-corrected chi connectivity index (χ3v) is 4.50. The molecular weight excluding hydrogens is 262 g/mol. The molecule has 2 heterocycles. The maximum absolute atomic E-state index is 5.35. The van der Waals surface area contributed by atoms with E-state index in [1.807, 2.05) is 11.3 Å². The fraction of sp³-hybridized carbons (Fsp3) is 0.600. The molecule has 0 amide bonds. The van der Waals surface area contributed by atoms with Crippen molar-refractivity contribution >= 4 is 27.3 Å². The molecule has 2 nitrogen and oxygen atoms in total. The molecule has 1 aliphatic heterocycles. The van der Waals surface area contributed by atoms with Crippen molar-refractivity contribution in [2.45, 2.75) is 12.3 Å². The third kappa shape index (κ3) is 1.89. The third-order valence-electron chi connectivity index (χ3n) is 2.56. The summed E-state index contributed by atoms with van der Waals surface area (Å²) < 4.78 is 6.53. The highest BCUT2D eigenvalue weighted by Gasteiger charge is 2.40. The molecule has 0 spiro atoms. The molecule has 0 unspecified atom stereocenters. The zero-order chi connectivity index (χ0) is 10.0. The van der Waals surface area contributed by atoms with E-state index >= 15 is 0 Å². The number of rotatable bonds is 4. The summed E-state index contributed by atoms with van der Waals surface area (Å²) in [4.78, 5) is 1.43. The first-order valence-electron chi connectivity index (χ1n) is 4.80. The highest BCUT2D eigenvalue weighted by Crippen LogP contribution is 2.37. The monoisotopic (exact) mass is 275 g/mol. The normalized spacial score (nSPS) is 19.3. The van der Waals surface area contributed by atoms with Gasteiger partial charge in [0.15, 0.2) is 0 Å². The lowest BCUT2D eigenvalue weighted by atomic mass is 9.84. The molecule has 1 aromatic rings. The van der Waals surface area contributed by atoms with Gasteiger partial charge in [0.05, 0.1) is 18.6 Å². The molecule has 1 N–H and O–H groups in total. The fourth-order valence-corrected chi connectivity index (χ4v) is 3.24. The summed E-state index contributed by atoms with van der Waals surface area (Å²) in [5.41, 5.74) is 0.243. The predicted octanol–water partition coefficient (Wildman–Crippen LogP) is 2.39. The van der Waals surface area contributed by atoms with Gasteiger partial charge in [-0.05, 0) is 28.5 Å². The SMILES string of the molecule is CCNCC1(c2cc(Br)cs2)COC1. The first-order valence-corrected chi connectivity index (χ1v) is 6.47. The van der Waals surface area contributed by atoms with E-state index < -0.39 is 0 Å². The predicted molar refractivity (Wildman–Crippen MR) is 63.1 cm³/mol. The molecule has 4 heteroatoms. The highest BCUT2D eigenvalue weighted by molar-refractivity contribution is 9.10. The zero-order valence-electron chi connectivity index (χ0n) is 8.18. The molecule has 2 rings (SSSR count). The lowest BCUT2D eigenvalue weighted by Gasteiger charge is -2.41. The van der Waals surface area contributed by atoms with Gasteiger partial charge in [0.1, 0.15) is 0 Å². The smallest absolute Gasteiger partial charge is 0.0638 e. The Hall–Kier alpha value is 0.1000. The Kier molecular flexibility index (Phi) is 3.27. The van der Waals surface area contributed by atoms with E-state index in [9.17, 15) is 0 Å². The number of likely N-dealkylation sites (N-methyl/N-ethyl adjacent to an activating group) is 1. The summed E-state index contributed by atoms with van der Waals surface area (Å²) in [5, 5.41) is 5.55. The van der Waals surface area contributed by atoms with E-state index in [-0.39, 0.29) is 5.41 Å². The van der Waals surface area contributed by atoms with Crippen LogP contribution >= 0.6 is 27.3 Å².